The topological polar surface area (TPSA) is 93.6 Å². The molecule has 2 aromatic heterocycles. The molecule has 0 fully saturated rings. The van der Waals surface area contributed by atoms with Crippen molar-refractivity contribution in [2.24, 2.45) is 0 Å². The summed E-state index contributed by atoms with van der Waals surface area (Å²) in [5.74, 6) is -0.437. The van der Waals surface area contributed by atoms with Crippen molar-refractivity contribution in [1.29, 1.82) is 0 Å². The minimum atomic E-state index is -0.622. The molecule has 0 spiro atoms. The molecule has 0 aliphatic carbocycles. The summed E-state index contributed by atoms with van der Waals surface area (Å²) in [6.07, 6.45) is 3.99. The molecule has 0 saturated carbocycles. The number of fused-ring (bicyclic) bond motifs is 1. The molecule has 7 nitrogen and oxygen atoms in total. The molecule has 3 aromatic rings. The molecular formula is C12H7FN4O3. The molecule has 0 saturated heterocycles. The molecular weight excluding hydrogens is 267 g/mol. The van der Waals surface area contributed by atoms with Gasteiger partial charge in [0.15, 0.2) is 5.75 Å². The quantitative estimate of drug-likeness (QED) is 0.570. The maximum absolute atomic E-state index is 13.8. The van der Waals surface area contributed by atoms with Crippen molar-refractivity contribution in [3.05, 3.63) is 52.7 Å². The number of halogens is 1. The Kier molecular flexibility index (Phi) is 2.56. The van der Waals surface area contributed by atoms with E-state index < -0.39 is 10.7 Å². The molecule has 0 atom stereocenters. The molecule has 100 valence electrons. The fraction of sp³-hybridized carbons (Fsp3) is 0. The number of rotatable bonds is 2. The van der Waals surface area contributed by atoms with E-state index in [1.807, 2.05) is 0 Å². The number of aromatic hydroxyl groups is 1. The highest BCUT2D eigenvalue weighted by Gasteiger charge is 2.15. The Balaban J connectivity index is 2.19. The first-order valence-corrected chi connectivity index (χ1v) is 5.52. The standard InChI is InChI=1S/C12H7FN4O3/c13-10-2-1-7(17(19)20)3-9(10)11-6-16-5-8(18)4-14-12(16)15-11/h1-6,18H. The average Bonchev–Trinajstić information content (AvgIpc) is 2.81. The fourth-order valence-corrected chi connectivity index (χ4v) is 1.83. The number of nitro benzene ring substituents is 1. The van der Waals surface area contributed by atoms with Gasteiger partial charge < -0.3 is 5.11 Å². The van der Waals surface area contributed by atoms with Crippen LogP contribution in [0, 0.1) is 15.9 Å². The summed E-state index contributed by atoms with van der Waals surface area (Å²) in [6, 6.07) is 3.21. The van der Waals surface area contributed by atoms with Gasteiger partial charge in [-0.1, -0.05) is 0 Å². The van der Waals surface area contributed by atoms with E-state index in [2.05, 4.69) is 9.97 Å². The van der Waals surface area contributed by atoms with E-state index in [0.29, 0.717) is 0 Å². The number of non-ortho nitro benzene ring substituents is 1. The Hall–Kier alpha value is -3.03. The van der Waals surface area contributed by atoms with Gasteiger partial charge in [0.1, 0.15) is 5.82 Å². The van der Waals surface area contributed by atoms with Crippen molar-refractivity contribution < 1.29 is 14.4 Å². The summed E-state index contributed by atoms with van der Waals surface area (Å²) in [6.45, 7) is 0. The molecule has 0 unspecified atom stereocenters. The Morgan fingerprint density at radius 1 is 1.35 bits per heavy atom. The van der Waals surface area contributed by atoms with Crippen molar-refractivity contribution in [3.63, 3.8) is 0 Å². The largest absolute Gasteiger partial charge is 0.505 e. The summed E-state index contributed by atoms with van der Waals surface area (Å²) in [4.78, 5) is 18.0. The lowest BCUT2D eigenvalue weighted by molar-refractivity contribution is -0.384. The monoisotopic (exact) mass is 274 g/mol. The zero-order valence-corrected chi connectivity index (χ0v) is 9.89. The average molecular weight is 274 g/mol. The van der Waals surface area contributed by atoms with Crippen LogP contribution in [0.3, 0.4) is 0 Å². The van der Waals surface area contributed by atoms with E-state index in [4.69, 9.17) is 0 Å². The fourth-order valence-electron chi connectivity index (χ4n) is 1.83. The Morgan fingerprint density at radius 2 is 2.15 bits per heavy atom. The number of hydrogen-bond donors (Lipinski definition) is 1. The van der Waals surface area contributed by atoms with Gasteiger partial charge in [-0.05, 0) is 6.07 Å². The number of nitro groups is 1. The van der Waals surface area contributed by atoms with E-state index in [0.717, 1.165) is 18.2 Å². The normalized spacial score (nSPS) is 10.8. The number of imidazole rings is 1. The molecule has 8 heteroatoms. The predicted octanol–water partition coefficient (Wildman–Crippen LogP) is 2.15. The minimum Gasteiger partial charge on any atom is -0.505 e. The predicted molar refractivity (Wildman–Crippen MR) is 66.7 cm³/mol. The second-order valence-corrected chi connectivity index (χ2v) is 4.07. The zero-order valence-electron chi connectivity index (χ0n) is 9.89. The highest BCUT2D eigenvalue weighted by Crippen LogP contribution is 2.26. The number of benzene rings is 1. The van der Waals surface area contributed by atoms with Crippen LogP contribution in [0.15, 0.2) is 36.8 Å². The van der Waals surface area contributed by atoms with Crippen LogP contribution in [0.1, 0.15) is 0 Å². The van der Waals surface area contributed by atoms with Crippen LogP contribution >= 0.6 is 0 Å². The Bertz CT molecular complexity index is 831. The first-order chi connectivity index (χ1) is 9.54. The van der Waals surface area contributed by atoms with Gasteiger partial charge >= 0.3 is 0 Å². The van der Waals surface area contributed by atoms with Crippen LogP contribution in [-0.4, -0.2) is 24.4 Å². The lowest BCUT2D eigenvalue weighted by Gasteiger charge is -1.98. The van der Waals surface area contributed by atoms with Crippen LogP contribution in [0.25, 0.3) is 17.0 Å². The van der Waals surface area contributed by atoms with Gasteiger partial charge in [0.25, 0.3) is 5.69 Å². The van der Waals surface area contributed by atoms with Gasteiger partial charge in [0, 0.05) is 23.9 Å². The van der Waals surface area contributed by atoms with Crippen molar-refractivity contribution in [3.8, 4) is 17.0 Å². The summed E-state index contributed by atoms with van der Waals surface area (Å²) < 4.78 is 15.2. The highest BCUT2D eigenvalue weighted by atomic mass is 19.1. The van der Waals surface area contributed by atoms with E-state index >= 15 is 0 Å². The molecule has 0 amide bonds. The SMILES string of the molecule is O=[N+]([O-])c1ccc(F)c(-c2cn3cc(O)cnc3n2)c1. The molecule has 1 N–H and O–H groups in total. The third kappa shape index (κ3) is 1.92. The first-order valence-electron chi connectivity index (χ1n) is 5.52. The summed E-state index contributed by atoms with van der Waals surface area (Å²) in [5.41, 5.74) is -0.0252. The van der Waals surface area contributed by atoms with Gasteiger partial charge in [0.05, 0.1) is 23.0 Å². The van der Waals surface area contributed by atoms with Gasteiger partial charge in [-0.25, -0.2) is 14.4 Å². The Labute approximate surface area is 111 Å². The molecule has 2 heterocycles. The van der Waals surface area contributed by atoms with Crippen molar-refractivity contribution in [1.82, 2.24) is 14.4 Å². The molecule has 0 radical (unpaired) electrons. The van der Waals surface area contributed by atoms with Gasteiger partial charge in [-0.2, -0.15) is 0 Å². The van der Waals surface area contributed by atoms with Crippen molar-refractivity contribution in [2.45, 2.75) is 0 Å². The van der Waals surface area contributed by atoms with Gasteiger partial charge in [-0.15, -0.1) is 0 Å². The lowest BCUT2D eigenvalue weighted by atomic mass is 10.1. The van der Waals surface area contributed by atoms with E-state index in [9.17, 15) is 19.6 Å². The van der Waals surface area contributed by atoms with Crippen LogP contribution in [0.2, 0.25) is 0 Å². The maximum atomic E-state index is 13.8. The van der Waals surface area contributed by atoms with Crippen molar-refractivity contribution in [2.75, 3.05) is 0 Å². The number of hydrogen-bond acceptors (Lipinski definition) is 5. The molecule has 0 aliphatic rings. The summed E-state index contributed by atoms with van der Waals surface area (Å²) in [5, 5.41) is 20.0. The lowest BCUT2D eigenvalue weighted by Crippen LogP contribution is -1.91. The van der Waals surface area contributed by atoms with E-state index in [1.165, 1.54) is 23.0 Å². The van der Waals surface area contributed by atoms with Crippen LogP contribution < -0.4 is 0 Å². The van der Waals surface area contributed by atoms with Crippen LogP contribution in [0.5, 0.6) is 5.75 Å². The second kappa shape index (κ2) is 4.26. The van der Waals surface area contributed by atoms with Gasteiger partial charge in [-0.3, -0.25) is 14.5 Å². The smallest absolute Gasteiger partial charge is 0.270 e. The molecule has 0 aliphatic heterocycles. The van der Waals surface area contributed by atoms with Gasteiger partial charge in [0.2, 0.25) is 5.78 Å². The van der Waals surface area contributed by atoms with Crippen LogP contribution in [0.4, 0.5) is 10.1 Å². The summed E-state index contributed by atoms with van der Waals surface area (Å²) in [7, 11) is 0. The van der Waals surface area contributed by atoms with E-state index in [1.54, 1.807) is 0 Å². The first kappa shape index (κ1) is 12.0. The minimum absolute atomic E-state index is 0.00388. The third-order valence-electron chi connectivity index (χ3n) is 2.73. The highest BCUT2D eigenvalue weighted by molar-refractivity contribution is 5.65. The number of nitrogens with zero attached hydrogens (tertiary/aromatic N) is 4. The third-order valence-corrected chi connectivity index (χ3v) is 2.73. The molecule has 0 bridgehead atoms. The molecule has 3 rings (SSSR count). The molecule has 1 aromatic carbocycles. The second-order valence-electron chi connectivity index (χ2n) is 4.07. The number of aromatic nitrogens is 3. The zero-order chi connectivity index (χ0) is 14.3. The summed E-state index contributed by atoms with van der Waals surface area (Å²) >= 11 is 0. The molecule has 20 heavy (non-hydrogen) atoms. The van der Waals surface area contributed by atoms with Crippen molar-refractivity contribution >= 4 is 11.5 Å². The van der Waals surface area contributed by atoms with Crippen LogP contribution in [-0.2, 0) is 0 Å². The Morgan fingerprint density at radius 3 is 2.90 bits per heavy atom. The maximum Gasteiger partial charge on any atom is 0.270 e. The van der Waals surface area contributed by atoms with E-state index in [-0.39, 0.29) is 28.5 Å².